The van der Waals surface area contributed by atoms with Gasteiger partial charge in [0.2, 0.25) is 0 Å². The molecular weight excluding hydrogens is 234 g/mol. The average molecular weight is 249 g/mol. The van der Waals surface area contributed by atoms with E-state index in [4.69, 9.17) is 0 Å². The van der Waals surface area contributed by atoms with E-state index in [0.29, 0.717) is 10.7 Å². The Balaban J connectivity index is 2.01. The van der Waals surface area contributed by atoms with E-state index in [1.807, 2.05) is 31.2 Å². The minimum Gasteiger partial charge on any atom is -0.300 e. The molecule has 17 heavy (non-hydrogen) atoms. The van der Waals surface area contributed by atoms with Crippen LogP contribution in [0.25, 0.3) is 0 Å². The summed E-state index contributed by atoms with van der Waals surface area (Å²) >= 11 is 1.55. The number of hydrogen-bond acceptors (Lipinski definition) is 4. The monoisotopic (exact) mass is 249 g/mol. The maximum Gasteiger partial charge on any atom is 0.257 e. The van der Waals surface area contributed by atoms with Crippen molar-refractivity contribution in [2.45, 2.75) is 25.6 Å². The lowest BCUT2D eigenvalue weighted by atomic mass is 10.1. The fraction of sp³-hybridized carbons (Fsp3) is 0.333. The lowest BCUT2D eigenvalue weighted by Gasteiger charge is -2.06. The number of nitrogens with one attached hydrogen (secondary N) is 2. The fourth-order valence-corrected chi connectivity index (χ4v) is 2.34. The van der Waals surface area contributed by atoms with E-state index in [1.165, 1.54) is 0 Å². The zero-order chi connectivity index (χ0) is 12.3. The second-order valence-corrected chi connectivity index (χ2v) is 5.02. The number of rotatable bonds is 2. The van der Waals surface area contributed by atoms with E-state index < -0.39 is 0 Å². The predicted molar refractivity (Wildman–Crippen MR) is 70.9 cm³/mol. The van der Waals surface area contributed by atoms with Crippen LogP contribution in [0, 0.1) is 6.92 Å². The molecule has 1 atom stereocenters. The van der Waals surface area contributed by atoms with E-state index >= 15 is 0 Å². The second-order valence-electron chi connectivity index (χ2n) is 3.83. The Bertz CT molecular complexity index is 459. The number of nitrogens with zero attached hydrogens (tertiary/aromatic N) is 1. The molecule has 1 unspecified atom stereocenters. The van der Waals surface area contributed by atoms with Crippen molar-refractivity contribution >= 4 is 22.8 Å². The van der Waals surface area contributed by atoms with E-state index in [1.54, 1.807) is 11.8 Å². The van der Waals surface area contributed by atoms with Gasteiger partial charge in [0.05, 0.1) is 5.37 Å². The van der Waals surface area contributed by atoms with E-state index in [0.717, 1.165) is 12.0 Å². The molecule has 90 valence electrons. The molecule has 0 spiro atoms. The highest BCUT2D eigenvalue weighted by Gasteiger charge is 2.19. The maximum atomic E-state index is 12.0. The van der Waals surface area contributed by atoms with Crippen molar-refractivity contribution in [1.82, 2.24) is 10.7 Å². The summed E-state index contributed by atoms with van der Waals surface area (Å²) in [5.74, 6) is -0.104. The standard InChI is InChI=1S/C12H15N3OS/c1-3-10-14-15-12(17-10)13-11(16)9-7-5-4-6-8(9)2/h4-7,10,14H,3H2,1-2H3,(H,13,15,16). The zero-order valence-corrected chi connectivity index (χ0v) is 10.7. The molecule has 0 aliphatic carbocycles. The molecule has 1 aromatic carbocycles. The van der Waals surface area contributed by atoms with Crippen molar-refractivity contribution in [2.75, 3.05) is 0 Å². The number of amides is 1. The highest BCUT2D eigenvalue weighted by molar-refractivity contribution is 8.14. The van der Waals surface area contributed by atoms with Crippen LogP contribution < -0.4 is 10.7 Å². The normalized spacial score (nSPS) is 18.5. The van der Waals surface area contributed by atoms with Gasteiger partial charge in [-0.05, 0) is 25.0 Å². The molecule has 1 aliphatic heterocycles. The molecule has 1 heterocycles. The van der Waals surface area contributed by atoms with Crippen molar-refractivity contribution in [3.05, 3.63) is 35.4 Å². The van der Waals surface area contributed by atoms with Gasteiger partial charge < -0.3 is 0 Å². The molecule has 4 nitrogen and oxygen atoms in total. The minimum absolute atomic E-state index is 0.104. The van der Waals surface area contributed by atoms with Crippen molar-refractivity contribution in [3.8, 4) is 0 Å². The fourth-order valence-electron chi connectivity index (χ4n) is 1.54. The highest BCUT2D eigenvalue weighted by Crippen LogP contribution is 2.18. The number of benzene rings is 1. The SMILES string of the molecule is CCC1NN=C(NC(=O)c2ccccc2C)S1. The van der Waals surface area contributed by atoms with Crippen LogP contribution in [0.2, 0.25) is 0 Å². The van der Waals surface area contributed by atoms with Gasteiger partial charge in [-0.3, -0.25) is 15.5 Å². The number of aryl methyl sites for hydroxylation is 1. The largest absolute Gasteiger partial charge is 0.300 e. The van der Waals surface area contributed by atoms with Gasteiger partial charge in [-0.25, -0.2) is 0 Å². The molecule has 1 aliphatic rings. The van der Waals surface area contributed by atoms with Crippen LogP contribution in [0.4, 0.5) is 0 Å². The molecule has 0 aromatic heterocycles. The minimum atomic E-state index is -0.104. The molecule has 2 rings (SSSR count). The van der Waals surface area contributed by atoms with Crippen LogP contribution in [0.15, 0.2) is 29.4 Å². The first-order valence-corrected chi connectivity index (χ1v) is 6.45. The van der Waals surface area contributed by atoms with E-state index in [9.17, 15) is 4.79 Å². The van der Waals surface area contributed by atoms with Crippen molar-refractivity contribution < 1.29 is 4.79 Å². The predicted octanol–water partition coefficient (Wildman–Crippen LogP) is 2.07. The van der Waals surface area contributed by atoms with Crippen LogP contribution in [0.3, 0.4) is 0 Å². The Morgan fingerprint density at radius 1 is 1.53 bits per heavy atom. The Morgan fingerprint density at radius 3 is 2.94 bits per heavy atom. The van der Waals surface area contributed by atoms with Gasteiger partial charge in [-0.15, -0.1) is 0 Å². The number of thioether (sulfide) groups is 1. The third-order valence-corrected chi connectivity index (χ3v) is 3.68. The Hall–Kier alpha value is -1.49. The van der Waals surface area contributed by atoms with E-state index in [-0.39, 0.29) is 11.3 Å². The smallest absolute Gasteiger partial charge is 0.257 e. The number of carbonyl (C=O) groups is 1. The molecule has 0 radical (unpaired) electrons. The van der Waals surface area contributed by atoms with Crippen molar-refractivity contribution in [3.63, 3.8) is 0 Å². The molecule has 0 saturated carbocycles. The lowest BCUT2D eigenvalue weighted by Crippen LogP contribution is -2.28. The van der Waals surface area contributed by atoms with Crippen LogP contribution in [-0.4, -0.2) is 16.4 Å². The lowest BCUT2D eigenvalue weighted by molar-refractivity contribution is 0.0977. The van der Waals surface area contributed by atoms with Crippen molar-refractivity contribution in [2.24, 2.45) is 5.10 Å². The van der Waals surface area contributed by atoms with Crippen molar-refractivity contribution in [1.29, 1.82) is 0 Å². The Labute approximate surface area is 105 Å². The van der Waals surface area contributed by atoms with Gasteiger partial charge >= 0.3 is 0 Å². The highest BCUT2D eigenvalue weighted by atomic mass is 32.2. The molecular formula is C12H15N3OS. The number of carbonyl (C=O) groups excluding carboxylic acids is 1. The summed E-state index contributed by atoms with van der Waals surface area (Å²) in [5.41, 5.74) is 4.62. The van der Waals surface area contributed by atoms with Crippen LogP contribution in [-0.2, 0) is 0 Å². The summed E-state index contributed by atoms with van der Waals surface area (Å²) in [6.45, 7) is 4.00. The topological polar surface area (TPSA) is 53.5 Å². The number of amidine groups is 1. The first-order chi connectivity index (χ1) is 8.20. The maximum absolute atomic E-state index is 12.0. The van der Waals surface area contributed by atoms with Gasteiger partial charge in [-0.2, -0.15) is 5.10 Å². The second kappa shape index (κ2) is 5.23. The molecule has 0 saturated heterocycles. The third-order valence-electron chi connectivity index (χ3n) is 2.54. The molecule has 0 bridgehead atoms. The van der Waals surface area contributed by atoms with Gasteiger partial charge in [0.15, 0.2) is 5.17 Å². The summed E-state index contributed by atoms with van der Waals surface area (Å²) in [4.78, 5) is 12.0. The van der Waals surface area contributed by atoms with Gasteiger partial charge in [0.1, 0.15) is 0 Å². The summed E-state index contributed by atoms with van der Waals surface area (Å²) in [5, 5.41) is 7.80. The quantitative estimate of drug-likeness (QED) is 0.843. The van der Waals surface area contributed by atoms with Crippen LogP contribution >= 0.6 is 11.8 Å². The number of hydrogen-bond donors (Lipinski definition) is 2. The summed E-state index contributed by atoms with van der Waals surface area (Å²) in [7, 11) is 0. The zero-order valence-electron chi connectivity index (χ0n) is 9.86. The van der Waals surface area contributed by atoms with Gasteiger partial charge in [0.25, 0.3) is 5.91 Å². The van der Waals surface area contributed by atoms with Gasteiger partial charge in [-0.1, -0.05) is 36.9 Å². The third kappa shape index (κ3) is 2.79. The Morgan fingerprint density at radius 2 is 2.29 bits per heavy atom. The molecule has 0 fully saturated rings. The van der Waals surface area contributed by atoms with E-state index in [2.05, 4.69) is 22.8 Å². The number of hydrazone groups is 1. The van der Waals surface area contributed by atoms with Crippen LogP contribution in [0.1, 0.15) is 29.3 Å². The average Bonchev–Trinajstić information content (AvgIpc) is 2.77. The molecule has 1 aromatic rings. The van der Waals surface area contributed by atoms with Crippen LogP contribution in [0.5, 0.6) is 0 Å². The molecule has 5 heteroatoms. The first kappa shape index (κ1) is 12.0. The molecule has 1 amide bonds. The first-order valence-electron chi connectivity index (χ1n) is 5.57. The summed E-state index contributed by atoms with van der Waals surface area (Å²) < 4.78 is 0. The Kier molecular flexibility index (Phi) is 3.68. The summed E-state index contributed by atoms with van der Waals surface area (Å²) in [6.07, 6.45) is 0.970. The summed E-state index contributed by atoms with van der Waals surface area (Å²) in [6, 6.07) is 7.52. The van der Waals surface area contributed by atoms with Gasteiger partial charge in [0, 0.05) is 5.56 Å². The molecule has 2 N–H and O–H groups in total.